The number of hydrogen-bond donors (Lipinski definition) is 1. The van der Waals surface area contributed by atoms with Crippen molar-refractivity contribution in [2.24, 2.45) is 11.3 Å². The molecule has 1 heterocycles. The number of piperidine rings is 1. The Morgan fingerprint density at radius 3 is 1.24 bits per heavy atom. The molecule has 0 spiro atoms. The van der Waals surface area contributed by atoms with Crippen molar-refractivity contribution in [3.8, 4) is 0 Å². The van der Waals surface area contributed by atoms with Crippen LogP contribution in [0.4, 0.5) is 0 Å². The van der Waals surface area contributed by atoms with Crippen LogP contribution in [0.5, 0.6) is 0 Å². The van der Waals surface area contributed by atoms with E-state index in [0.717, 1.165) is 12.7 Å². The number of aldehydes is 1. The molecular weight excluding hydrogens is 635 g/mol. The predicted octanol–water partition coefficient (Wildman–Crippen LogP) is 6.85. The molecule has 0 aromatic heterocycles. The molecule has 6 heteroatoms. The third kappa shape index (κ3) is 5.74. The minimum absolute atomic E-state index is 0.0402. The molecule has 2 aliphatic rings. The first-order valence-corrected chi connectivity index (χ1v) is 21.7. The van der Waals surface area contributed by atoms with Crippen molar-refractivity contribution >= 4 is 43.7 Å². The summed E-state index contributed by atoms with van der Waals surface area (Å²) in [5.74, 6) is -0.0402. The zero-order valence-corrected chi connectivity index (χ0v) is 32.9. The highest BCUT2D eigenvalue weighted by Gasteiger charge is 2.71. The van der Waals surface area contributed by atoms with Gasteiger partial charge in [0.1, 0.15) is 6.29 Å². The summed E-state index contributed by atoms with van der Waals surface area (Å²) in [6.45, 7) is 20.9. The Bertz CT molecular complexity index is 1630. The van der Waals surface area contributed by atoms with Crippen molar-refractivity contribution in [3.05, 3.63) is 121 Å². The zero-order valence-electron chi connectivity index (χ0n) is 30.9. The Balaban J connectivity index is 1.64. The average molecular weight is 690 g/mol. The van der Waals surface area contributed by atoms with Crippen LogP contribution in [0.3, 0.4) is 0 Å². The quantitative estimate of drug-likeness (QED) is 0.154. The van der Waals surface area contributed by atoms with Crippen LogP contribution in [0.1, 0.15) is 68.7 Å². The van der Waals surface area contributed by atoms with Crippen LogP contribution in [0.15, 0.2) is 121 Å². The molecule has 1 aliphatic heterocycles. The molecule has 1 aliphatic carbocycles. The van der Waals surface area contributed by atoms with Crippen molar-refractivity contribution < 1.29 is 13.6 Å². The summed E-state index contributed by atoms with van der Waals surface area (Å²) in [5, 5.41) is 8.44. The number of benzene rings is 4. The van der Waals surface area contributed by atoms with E-state index in [1.54, 1.807) is 0 Å². The molecule has 4 aromatic rings. The van der Waals surface area contributed by atoms with E-state index in [1.807, 2.05) is 0 Å². The standard InChI is InChI=1S/C43H55NO3Si2/c1-40(2,3)43-30-36(37(31-45)44-43)38(46-48(41(4,5)6,32-22-14-10-15-23-32)33-24-16-11-17-25-33)39(43)47-49(42(7,8)9,34-26-18-12-19-27-34)35-28-20-13-21-29-35/h10-29,31,36-39,44H,30H2,1-9H3/t36-,37+,38-,39-,43+/m1/s1. The molecule has 1 saturated heterocycles. The molecule has 0 unspecified atom stereocenters. The van der Waals surface area contributed by atoms with Crippen LogP contribution < -0.4 is 26.1 Å². The van der Waals surface area contributed by atoms with Crippen LogP contribution in [0.2, 0.25) is 10.1 Å². The van der Waals surface area contributed by atoms with E-state index >= 15 is 0 Å². The van der Waals surface area contributed by atoms with Gasteiger partial charge in [-0.1, -0.05) is 184 Å². The maximum atomic E-state index is 13.0. The lowest BCUT2D eigenvalue weighted by Gasteiger charge is -2.56. The Hall–Kier alpha value is -3.14. The van der Waals surface area contributed by atoms with Crippen LogP contribution in [0, 0.1) is 11.3 Å². The molecular formula is C43H55NO3Si2. The fraction of sp³-hybridized carbons (Fsp3) is 0.419. The molecule has 4 nitrogen and oxygen atoms in total. The zero-order chi connectivity index (χ0) is 35.3. The van der Waals surface area contributed by atoms with Crippen LogP contribution in [-0.4, -0.2) is 46.7 Å². The molecule has 6 rings (SSSR count). The van der Waals surface area contributed by atoms with Gasteiger partial charge in [-0.2, -0.15) is 0 Å². The smallest absolute Gasteiger partial charge is 0.261 e. The van der Waals surface area contributed by atoms with Crippen molar-refractivity contribution in [2.45, 2.75) is 103 Å². The summed E-state index contributed by atoms with van der Waals surface area (Å²) in [7, 11) is -6.04. The fourth-order valence-electron chi connectivity index (χ4n) is 9.16. The molecule has 49 heavy (non-hydrogen) atoms. The number of hydrogen-bond acceptors (Lipinski definition) is 4. The molecule has 2 fully saturated rings. The molecule has 4 aromatic carbocycles. The van der Waals surface area contributed by atoms with Crippen LogP contribution in [-0.2, 0) is 13.6 Å². The number of nitrogens with one attached hydrogen (secondary N) is 1. The SMILES string of the molecule is CC(C)(C)[C@]12C[C@@H]([C@@H](O[Si](c3ccccc3)(c3ccccc3)C(C)(C)C)[C@H]1O[Si](c1ccccc1)(c1ccccc1)C(C)(C)C)[C@H](C=O)N2. The largest absolute Gasteiger partial charge is 0.401 e. The van der Waals surface area contributed by atoms with Gasteiger partial charge in [-0.05, 0) is 42.7 Å². The van der Waals surface area contributed by atoms with Crippen molar-refractivity contribution in [1.29, 1.82) is 0 Å². The first kappa shape index (κ1) is 35.7. The minimum atomic E-state index is -3.02. The van der Waals surface area contributed by atoms with E-state index in [-0.39, 0.29) is 39.7 Å². The summed E-state index contributed by atoms with van der Waals surface area (Å²) in [5.41, 5.74) is -0.727. The highest BCUT2D eigenvalue weighted by atomic mass is 28.4. The van der Waals surface area contributed by atoms with Gasteiger partial charge in [-0.15, -0.1) is 0 Å². The third-order valence-electron chi connectivity index (χ3n) is 11.6. The van der Waals surface area contributed by atoms with Gasteiger partial charge in [0.2, 0.25) is 0 Å². The molecule has 1 N–H and O–H groups in total. The number of rotatable bonds is 9. The van der Waals surface area contributed by atoms with Gasteiger partial charge in [-0.25, -0.2) is 0 Å². The van der Waals surface area contributed by atoms with Gasteiger partial charge in [0, 0.05) is 5.92 Å². The van der Waals surface area contributed by atoms with Gasteiger partial charge in [0.25, 0.3) is 16.6 Å². The molecule has 1 saturated carbocycles. The van der Waals surface area contributed by atoms with Crippen molar-refractivity contribution in [3.63, 3.8) is 0 Å². The first-order chi connectivity index (χ1) is 23.1. The maximum absolute atomic E-state index is 13.0. The lowest BCUT2D eigenvalue weighted by Crippen LogP contribution is -2.76. The van der Waals surface area contributed by atoms with E-state index in [1.165, 1.54) is 20.7 Å². The van der Waals surface area contributed by atoms with Gasteiger partial charge < -0.3 is 13.6 Å². The Labute approximate surface area is 296 Å². The molecule has 258 valence electrons. The second-order valence-electron chi connectivity index (χ2n) is 17.3. The summed E-state index contributed by atoms with van der Waals surface area (Å²) >= 11 is 0. The number of carbonyl (C=O) groups is 1. The highest BCUT2D eigenvalue weighted by molar-refractivity contribution is 7.00. The Kier molecular flexibility index (Phi) is 9.38. The van der Waals surface area contributed by atoms with Crippen LogP contribution in [0.25, 0.3) is 0 Å². The fourth-order valence-corrected chi connectivity index (χ4v) is 18.6. The molecule has 5 atom stereocenters. The lowest BCUT2D eigenvalue weighted by molar-refractivity contribution is -0.115. The van der Waals surface area contributed by atoms with E-state index in [0.29, 0.717) is 0 Å². The molecule has 0 radical (unpaired) electrons. The van der Waals surface area contributed by atoms with Crippen LogP contribution >= 0.6 is 0 Å². The van der Waals surface area contributed by atoms with Gasteiger partial charge in [0.15, 0.2) is 0 Å². The predicted molar refractivity (Wildman–Crippen MR) is 208 cm³/mol. The lowest BCUT2D eigenvalue weighted by atomic mass is 9.71. The van der Waals surface area contributed by atoms with Gasteiger partial charge in [-0.3, -0.25) is 5.32 Å². The summed E-state index contributed by atoms with van der Waals surface area (Å²) in [4.78, 5) is 13.0. The highest BCUT2D eigenvalue weighted by Crippen LogP contribution is 2.57. The summed E-state index contributed by atoms with van der Waals surface area (Å²) in [6, 6.07) is 43.3. The first-order valence-electron chi connectivity index (χ1n) is 17.9. The van der Waals surface area contributed by atoms with E-state index in [4.69, 9.17) is 8.85 Å². The number of carbonyl (C=O) groups excluding carboxylic acids is 1. The minimum Gasteiger partial charge on any atom is -0.401 e. The van der Waals surface area contributed by atoms with Gasteiger partial charge >= 0.3 is 0 Å². The topological polar surface area (TPSA) is 47.6 Å². The molecule has 2 bridgehead atoms. The van der Waals surface area contributed by atoms with E-state index < -0.39 is 22.2 Å². The van der Waals surface area contributed by atoms with Crippen molar-refractivity contribution in [1.82, 2.24) is 5.32 Å². The second-order valence-corrected chi connectivity index (χ2v) is 25.8. The van der Waals surface area contributed by atoms with Crippen molar-refractivity contribution in [2.75, 3.05) is 0 Å². The Morgan fingerprint density at radius 1 is 0.592 bits per heavy atom. The Morgan fingerprint density at radius 2 is 0.939 bits per heavy atom. The van der Waals surface area contributed by atoms with E-state index in [9.17, 15) is 4.79 Å². The maximum Gasteiger partial charge on any atom is 0.261 e. The van der Waals surface area contributed by atoms with E-state index in [2.05, 4.69) is 189 Å². The average Bonchev–Trinajstić information content (AvgIpc) is 3.62. The second kappa shape index (κ2) is 12.9. The van der Waals surface area contributed by atoms with Gasteiger partial charge in [0.05, 0.1) is 23.8 Å². The number of fused-ring (bicyclic) bond motifs is 2. The molecule has 0 amide bonds. The monoisotopic (exact) mass is 689 g/mol. The normalized spacial score (nSPS) is 24.6. The summed E-state index contributed by atoms with van der Waals surface area (Å²) < 4.78 is 16.3. The summed E-state index contributed by atoms with van der Waals surface area (Å²) in [6.07, 6.45) is 1.30. The third-order valence-corrected chi connectivity index (χ3v) is 21.6.